The fourth-order valence-electron chi connectivity index (χ4n) is 6.88. The number of Topliss-reactive ketones (excluding diaryl/α,β-unsaturated/α-hetero) is 2. The molecule has 0 aromatic carbocycles. The maximum Gasteiger partial charge on any atom is 0.139 e. The summed E-state index contributed by atoms with van der Waals surface area (Å²) in [6, 6.07) is 4.09. The molecule has 3 heteroatoms. The van der Waals surface area contributed by atoms with Crippen molar-refractivity contribution in [2.75, 3.05) is 0 Å². The molecule has 3 nitrogen and oxygen atoms in total. The van der Waals surface area contributed by atoms with Gasteiger partial charge < -0.3 is 0 Å². The monoisotopic (exact) mass is 363 g/mol. The first-order valence-electron chi connectivity index (χ1n) is 10.2. The third-order valence-corrected chi connectivity index (χ3v) is 8.36. The van der Waals surface area contributed by atoms with Gasteiger partial charge in [-0.1, -0.05) is 26.0 Å². The molecular weight excluding hydrogens is 334 g/mol. The molecule has 142 valence electrons. The normalized spacial score (nSPS) is 40.9. The Balaban J connectivity index is 1.82. The molecule has 1 heterocycles. The van der Waals surface area contributed by atoms with Crippen LogP contribution >= 0.6 is 0 Å². The zero-order chi connectivity index (χ0) is 19.4. The lowest BCUT2D eigenvalue weighted by atomic mass is 9.40. The number of allylic oxidation sites excluding steroid dienone is 2. The second-order valence-corrected chi connectivity index (χ2v) is 9.30. The summed E-state index contributed by atoms with van der Waals surface area (Å²) in [7, 11) is 0. The quantitative estimate of drug-likeness (QED) is 0.763. The highest BCUT2D eigenvalue weighted by molar-refractivity contribution is 5.92. The predicted octanol–water partition coefficient (Wildman–Crippen LogP) is 4.95. The summed E-state index contributed by atoms with van der Waals surface area (Å²) in [6.07, 6.45) is 10.3. The fourth-order valence-corrected chi connectivity index (χ4v) is 6.88. The van der Waals surface area contributed by atoms with Crippen LogP contribution < -0.4 is 0 Å². The zero-order valence-corrected chi connectivity index (χ0v) is 16.6. The fraction of sp³-hybridized carbons (Fsp3) is 0.583. The number of carbonyl (C=O) groups excluding carboxylic acids is 2. The van der Waals surface area contributed by atoms with Gasteiger partial charge in [-0.05, 0) is 80.4 Å². The van der Waals surface area contributed by atoms with Crippen LogP contribution in [0, 0.1) is 35.0 Å². The van der Waals surface area contributed by atoms with Crippen LogP contribution in [-0.2, 0) is 9.59 Å². The molecule has 3 aliphatic rings. The van der Waals surface area contributed by atoms with Crippen LogP contribution in [-0.4, -0.2) is 16.6 Å². The number of nitrogens with zero attached hydrogens (tertiary/aromatic N) is 1. The highest BCUT2D eigenvalue weighted by Gasteiger charge is 2.66. The standard InChI is InChI=1S/C24H29NO2/c1-5-22(3)20-10-12-23(4)18(17-7-6-14-25-15-17)8-9-19(23)24(20,16(2)26)13-11-21(22)27/h1,6-8,14-15,19-20H,5,9-13H2,2-4H3/t19-,20-,22-,23-,24-/m1/s1. The highest BCUT2D eigenvalue weighted by Crippen LogP contribution is 2.69. The van der Waals surface area contributed by atoms with Gasteiger partial charge in [0.15, 0.2) is 0 Å². The van der Waals surface area contributed by atoms with E-state index >= 15 is 0 Å². The van der Waals surface area contributed by atoms with Crippen molar-refractivity contribution in [1.82, 2.24) is 4.98 Å². The van der Waals surface area contributed by atoms with E-state index in [4.69, 9.17) is 6.92 Å². The highest BCUT2D eigenvalue weighted by atomic mass is 16.1. The van der Waals surface area contributed by atoms with E-state index in [-0.39, 0.29) is 28.8 Å². The molecule has 1 aromatic heterocycles. The number of ketones is 2. The summed E-state index contributed by atoms with van der Waals surface area (Å²) in [5.41, 5.74) is 1.40. The molecule has 5 atom stereocenters. The van der Waals surface area contributed by atoms with Gasteiger partial charge in [-0.25, -0.2) is 0 Å². The van der Waals surface area contributed by atoms with Gasteiger partial charge in [-0.2, -0.15) is 0 Å². The van der Waals surface area contributed by atoms with E-state index in [1.165, 1.54) is 5.57 Å². The minimum absolute atomic E-state index is 0.0495. The lowest BCUT2D eigenvalue weighted by molar-refractivity contribution is -0.168. The molecule has 0 unspecified atom stereocenters. The van der Waals surface area contributed by atoms with E-state index < -0.39 is 10.8 Å². The summed E-state index contributed by atoms with van der Waals surface area (Å²) in [5, 5.41) is 0. The van der Waals surface area contributed by atoms with Gasteiger partial charge in [0.1, 0.15) is 11.6 Å². The average Bonchev–Trinajstić information content (AvgIpc) is 3.02. The second-order valence-electron chi connectivity index (χ2n) is 9.30. The lowest BCUT2D eigenvalue weighted by Crippen LogP contribution is -2.61. The van der Waals surface area contributed by atoms with E-state index in [2.05, 4.69) is 24.1 Å². The average molecular weight is 364 g/mol. The van der Waals surface area contributed by atoms with Crippen LogP contribution in [0.1, 0.15) is 64.9 Å². The van der Waals surface area contributed by atoms with Gasteiger partial charge in [0.25, 0.3) is 0 Å². The summed E-state index contributed by atoms with van der Waals surface area (Å²) < 4.78 is 0. The van der Waals surface area contributed by atoms with Crippen LogP contribution in [0.5, 0.6) is 0 Å². The van der Waals surface area contributed by atoms with Gasteiger partial charge in [0.2, 0.25) is 0 Å². The number of fused-ring (bicyclic) bond motifs is 3. The summed E-state index contributed by atoms with van der Waals surface area (Å²) in [4.78, 5) is 30.3. The molecule has 1 aromatic rings. The molecular formula is C24H29NO2. The topological polar surface area (TPSA) is 47.0 Å². The Kier molecular flexibility index (Phi) is 4.21. The number of hydrogen-bond donors (Lipinski definition) is 0. The molecule has 0 amide bonds. The van der Waals surface area contributed by atoms with Crippen molar-refractivity contribution in [3.8, 4) is 0 Å². The van der Waals surface area contributed by atoms with E-state index in [9.17, 15) is 9.59 Å². The first kappa shape index (κ1) is 18.6. The first-order valence-corrected chi connectivity index (χ1v) is 10.2. The SMILES string of the molecule is [CH]C[C@@]1(C)C(=O)CC[C@]2(C(C)=O)[C@@H]1CC[C@]1(C)C(c3cccnc3)=CC[C@@H]21. The Morgan fingerprint density at radius 1 is 1.30 bits per heavy atom. The van der Waals surface area contributed by atoms with Gasteiger partial charge in [0.05, 0.1) is 0 Å². The molecule has 0 saturated heterocycles. The predicted molar refractivity (Wildman–Crippen MR) is 106 cm³/mol. The Morgan fingerprint density at radius 3 is 2.70 bits per heavy atom. The summed E-state index contributed by atoms with van der Waals surface area (Å²) >= 11 is 0. The van der Waals surface area contributed by atoms with Gasteiger partial charge >= 0.3 is 0 Å². The zero-order valence-electron chi connectivity index (χ0n) is 16.6. The van der Waals surface area contributed by atoms with Crippen molar-refractivity contribution in [3.05, 3.63) is 43.1 Å². The smallest absolute Gasteiger partial charge is 0.139 e. The lowest BCUT2D eigenvalue weighted by Gasteiger charge is -2.61. The Labute approximate surface area is 162 Å². The van der Waals surface area contributed by atoms with Gasteiger partial charge in [0, 0.05) is 29.6 Å². The van der Waals surface area contributed by atoms with Crippen molar-refractivity contribution in [1.29, 1.82) is 0 Å². The van der Waals surface area contributed by atoms with Crippen molar-refractivity contribution in [2.24, 2.45) is 28.1 Å². The molecule has 0 aliphatic heterocycles. The number of carbonyl (C=O) groups is 2. The maximum absolute atomic E-state index is 13.2. The third kappa shape index (κ3) is 2.30. The number of pyridine rings is 1. The van der Waals surface area contributed by atoms with E-state index in [0.717, 1.165) is 24.8 Å². The summed E-state index contributed by atoms with van der Waals surface area (Å²) in [6.45, 7) is 12.2. The Morgan fingerprint density at radius 2 is 2.07 bits per heavy atom. The van der Waals surface area contributed by atoms with Crippen molar-refractivity contribution in [2.45, 2.75) is 59.3 Å². The number of aromatic nitrogens is 1. The molecule has 0 spiro atoms. The second kappa shape index (κ2) is 6.12. The molecule has 2 saturated carbocycles. The number of rotatable bonds is 3. The summed E-state index contributed by atoms with van der Waals surface area (Å²) in [5.74, 6) is 0.772. The molecule has 2 fully saturated rings. The first-order chi connectivity index (χ1) is 12.8. The molecule has 0 bridgehead atoms. The van der Waals surface area contributed by atoms with Crippen molar-refractivity contribution < 1.29 is 9.59 Å². The van der Waals surface area contributed by atoms with Gasteiger partial charge in [-0.15, -0.1) is 0 Å². The molecule has 0 N–H and O–H groups in total. The van der Waals surface area contributed by atoms with E-state index in [1.807, 2.05) is 19.2 Å². The van der Waals surface area contributed by atoms with Crippen LogP contribution in [0.25, 0.3) is 5.57 Å². The van der Waals surface area contributed by atoms with Crippen LogP contribution in [0.15, 0.2) is 30.6 Å². The molecule has 3 aliphatic carbocycles. The largest absolute Gasteiger partial charge is 0.299 e. The minimum atomic E-state index is -0.581. The number of hydrogen-bond acceptors (Lipinski definition) is 3. The van der Waals surface area contributed by atoms with Crippen molar-refractivity contribution in [3.63, 3.8) is 0 Å². The van der Waals surface area contributed by atoms with Crippen LogP contribution in [0.4, 0.5) is 0 Å². The van der Waals surface area contributed by atoms with Gasteiger partial charge in [-0.3, -0.25) is 14.6 Å². The molecule has 4 rings (SSSR count). The Hall–Kier alpha value is -1.77. The third-order valence-electron chi connectivity index (χ3n) is 8.36. The van der Waals surface area contributed by atoms with Crippen LogP contribution in [0.2, 0.25) is 0 Å². The van der Waals surface area contributed by atoms with E-state index in [1.54, 1.807) is 13.1 Å². The van der Waals surface area contributed by atoms with Crippen molar-refractivity contribution >= 4 is 17.1 Å². The van der Waals surface area contributed by atoms with Crippen LogP contribution in [0.3, 0.4) is 0 Å². The molecule has 2 radical (unpaired) electrons. The molecule has 27 heavy (non-hydrogen) atoms. The van der Waals surface area contributed by atoms with E-state index in [0.29, 0.717) is 19.3 Å². The Bertz CT molecular complexity index is 813. The minimum Gasteiger partial charge on any atom is -0.299 e. The maximum atomic E-state index is 13.2.